The Balaban J connectivity index is 2.05. The second kappa shape index (κ2) is 3.60. The molecule has 1 fully saturated rings. The lowest BCUT2D eigenvalue weighted by Crippen LogP contribution is -1.67. The van der Waals surface area contributed by atoms with Crippen molar-refractivity contribution in [2.75, 3.05) is 0 Å². The zero-order chi connectivity index (χ0) is 7.40. The fraction of sp³-hybridized carbons (Fsp3) is 0.600. The van der Waals surface area contributed by atoms with E-state index in [1.807, 2.05) is 0 Å². The van der Waals surface area contributed by atoms with E-state index in [0.717, 1.165) is 0 Å². The van der Waals surface area contributed by atoms with Crippen LogP contribution in [0.15, 0.2) is 23.3 Å². The second-order valence-corrected chi connectivity index (χ2v) is 3.22. The van der Waals surface area contributed by atoms with Crippen molar-refractivity contribution in [3.8, 4) is 0 Å². The van der Waals surface area contributed by atoms with Gasteiger partial charge in [0.1, 0.15) is 0 Å². The minimum atomic E-state index is 1.23. The molecule has 0 atom stereocenters. The average molecular weight is 136 g/mol. The number of rotatable bonds is 3. The quantitative estimate of drug-likeness (QED) is 0.412. The second-order valence-electron chi connectivity index (χ2n) is 3.22. The van der Waals surface area contributed by atoms with Crippen LogP contribution in [0.4, 0.5) is 0 Å². The molecule has 0 aromatic rings. The Bertz CT molecular complexity index is 143. The number of allylic oxidation sites excluding steroid dienone is 4. The molecule has 0 radical (unpaired) electrons. The Morgan fingerprint density at radius 3 is 2.50 bits per heavy atom. The molecule has 0 bridgehead atoms. The molecular formula is C10H16. The summed E-state index contributed by atoms with van der Waals surface area (Å²) >= 11 is 0. The van der Waals surface area contributed by atoms with Gasteiger partial charge in [-0.25, -0.2) is 0 Å². The van der Waals surface area contributed by atoms with Crippen LogP contribution in [0.3, 0.4) is 0 Å². The van der Waals surface area contributed by atoms with E-state index in [9.17, 15) is 0 Å². The van der Waals surface area contributed by atoms with Gasteiger partial charge in [-0.1, -0.05) is 23.3 Å². The summed E-state index contributed by atoms with van der Waals surface area (Å²) in [6, 6.07) is 0. The minimum absolute atomic E-state index is 1.23. The summed E-state index contributed by atoms with van der Waals surface area (Å²) in [7, 11) is 0. The summed E-state index contributed by atoms with van der Waals surface area (Å²) in [6.07, 6.45) is 9.91. The Morgan fingerprint density at radius 1 is 1.30 bits per heavy atom. The third-order valence-corrected chi connectivity index (χ3v) is 1.69. The molecule has 0 spiro atoms. The molecule has 0 unspecified atom stereocenters. The smallest absolute Gasteiger partial charge is 0.0283 e. The maximum atomic E-state index is 2.39. The summed E-state index contributed by atoms with van der Waals surface area (Å²) in [6.45, 7) is 4.31. The van der Waals surface area contributed by atoms with Crippen LogP contribution in [-0.4, -0.2) is 0 Å². The molecular weight excluding hydrogens is 120 g/mol. The summed E-state index contributed by atoms with van der Waals surface area (Å²) < 4.78 is 0. The van der Waals surface area contributed by atoms with E-state index in [-0.39, 0.29) is 0 Å². The van der Waals surface area contributed by atoms with Crippen LogP contribution >= 0.6 is 0 Å². The Kier molecular flexibility index (Phi) is 2.73. The van der Waals surface area contributed by atoms with Crippen molar-refractivity contribution in [3.05, 3.63) is 23.3 Å². The van der Waals surface area contributed by atoms with Gasteiger partial charge in [0.15, 0.2) is 0 Å². The van der Waals surface area contributed by atoms with Gasteiger partial charge in [0.25, 0.3) is 0 Å². The van der Waals surface area contributed by atoms with Gasteiger partial charge in [0, 0.05) is 0 Å². The Labute approximate surface area is 63.6 Å². The van der Waals surface area contributed by atoms with Crippen LogP contribution in [0.2, 0.25) is 0 Å². The van der Waals surface area contributed by atoms with Crippen molar-refractivity contribution in [2.24, 2.45) is 0 Å². The number of hydrogen-bond acceptors (Lipinski definition) is 0. The molecule has 0 N–H and O–H groups in total. The highest BCUT2D eigenvalue weighted by atomic mass is 14.1. The molecule has 1 aliphatic rings. The summed E-state index contributed by atoms with van der Waals surface area (Å²) in [5, 5.41) is 0. The maximum absolute atomic E-state index is 2.39. The lowest BCUT2D eigenvalue weighted by Gasteiger charge is -1.87. The minimum Gasteiger partial charge on any atom is -0.0856 e. The topological polar surface area (TPSA) is 0 Å². The van der Waals surface area contributed by atoms with Crippen LogP contribution in [-0.2, 0) is 0 Å². The molecule has 1 saturated carbocycles. The maximum Gasteiger partial charge on any atom is -0.0283 e. The van der Waals surface area contributed by atoms with Crippen LogP contribution in [0.1, 0.15) is 39.5 Å². The highest BCUT2D eigenvalue weighted by molar-refractivity contribution is 5.16. The predicted octanol–water partition coefficient (Wildman–Crippen LogP) is 3.45. The lowest BCUT2D eigenvalue weighted by molar-refractivity contribution is 1.03. The van der Waals surface area contributed by atoms with Gasteiger partial charge >= 0.3 is 0 Å². The molecule has 0 heteroatoms. The zero-order valence-electron chi connectivity index (χ0n) is 6.98. The van der Waals surface area contributed by atoms with E-state index in [0.29, 0.717) is 0 Å². The summed E-state index contributed by atoms with van der Waals surface area (Å²) in [5.41, 5.74) is 3.11. The molecule has 10 heavy (non-hydrogen) atoms. The Morgan fingerprint density at radius 2 is 2.00 bits per heavy atom. The van der Waals surface area contributed by atoms with E-state index in [4.69, 9.17) is 0 Å². The first-order chi connectivity index (χ1) is 4.79. The zero-order valence-corrected chi connectivity index (χ0v) is 6.98. The first-order valence-electron chi connectivity index (χ1n) is 4.10. The van der Waals surface area contributed by atoms with Crippen LogP contribution in [0.5, 0.6) is 0 Å². The lowest BCUT2D eigenvalue weighted by atomic mass is 10.2. The molecule has 0 heterocycles. The SMILES string of the molecule is CC(C)=CCCC=C1CC1. The molecule has 1 aliphatic carbocycles. The van der Waals surface area contributed by atoms with E-state index in [2.05, 4.69) is 26.0 Å². The van der Waals surface area contributed by atoms with Gasteiger partial charge < -0.3 is 0 Å². The van der Waals surface area contributed by atoms with E-state index < -0.39 is 0 Å². The molecule has 56 valence electrons. The van der Waals surface area contributed by atoms with E-state index in [1.165, 1.54) is 31.3 Å². The average Bonchev–Trinajstić information content (AvgIpc) is 2.62. The molecule has 1 rings (SSSR count). The van der Waals surface area contributed by atoms with Gasteiger partial charge in [-0.3, -0.25) is 0 Å². The fourth-order valence-electron chi connectivity index (χ4n) is 0.936. The highest BCUT2D eigenvalue weighted by Crippen LogP contribution is 2.28. The molecule has 0 saturated heterocycles. The monoisotopic (exact) mass is 136 g/mol. The first kappa shape index (κ1) is 7.59. The first-order valence-corrected chi connectivity index (χ1v) is 4.10. The summed E-state index contributed by atoms with van der Waals surface area (Å²) in [5.74, 6) is 0. The molecule has 0 aromatic heterocycles. The van der Waals surface area contributed by atoms with Gasteiger partial charge in [-0.15, -0.1) is 0 Å². The fourth-order valence-corrected chi connectivity index (χ4v) is 0.936. The molecule has 0 aromatic carbocycles. The Hall–Kier alpha value is -0.520. The van der Waals surface area contributed by atoms with Crippen LogP contribution in [0.25, 0.3) is 0 Å². The molecule has 0 amide bonds. The summed E-state index contributed by atoms with van der Waals surface area (Å²) in [4.78, 5) is 0. The van der Waals surface area contributed by atoms with Crippen molar-refractivity contribution < 1.29 is 0 Å². The van der Waals surface area contributed by atoms with Crippen molar-refractivity contribution in [1.82, 2.24) is 0 Å². The predicted molar refractivity (Wildman–Crippen MR) is 46.0 cm³/mol. The van der Waals surface area contributed by atoms with Gasteiger partial charge in [0.05, 0.1) is 0 Å². The van der Waals surface area contributed by atoms with Gasteiger partial charge in [-0.2, -0.15) is 0 Å². The molecule has 0 aliphatic heterocycles. The van der Waals surface area contributed by atoms with Crippen molar-refractivity contribution in [2.45, 2.75) is 39.5 Å². The standard InChI is InChI=1S/C10H16/c1-9(2)5-3-4-6-10-7-8-10/h5-6H,3-4,7-8H2,1-2H3. The largest absolute Gasteiger partial charge is 0.0856 e. The van der Waals surface area contributed by atoms with Crippen LogP contribution < -0.4 is 0 Å². The number of hydrogen-bond donors (Lipinski definition) is 0. The van der Waals surface area contributed by atoms with Gasteiger partial charge in [0.2, 0.25) is 0 Å². The van der Waals surface area contributed by atoms with Crippen LogP contribution in [0, 0.1) is 0 Å². The van der Waals surface area contributed by atoms with Crippen molar-refractivity contribution in [1.29, 1.82) is 0 Å². The van der Waals surface area contributed by atoms with E-state index >= 15 is 0 Å². The normalized spacial score (nSPS) is 14.8. The highest BCUT2D eigenvalue weighted by Gasteiger charge is 2.08. The van der Waals surface area contributed by atoms with E-state index in [1.54, 1.807) is 5.57 Å². The van der Waals surface area contributed by atoms with Crippen molar-refractivity contribution >= 4 is 0 Å². The molecule has 0 nitrogen and oxygen atoms in total. The number of unbranched alkanes of at least 4 members (excludes halogenated alkanes) is 1. The third kappa shape index (κ3) is 3.49. The van der Waals surface area contributed by atoms with Crippen molar-refractivity contribution in [3.63, 3.8) is 0 Å². The van der Waals surface area contributed by atoms with Gasteiger partial charge in [-0.05, 0) is 39.5 Å². The third-order valence-electron chi connectivity index (χ3n) is 1.69.